The normalized spacial score (nSPS) is 13.2. The Morgan fingerprint density at radius 3 is 2.19 bits per heavy atom. The first kappa shape index (κ1) is 20.6. The van der Waals surface area contributed by atoms with E-state index in [4.69, 9.17) is 14.2 Å². The van der Waals surface area contributed by atoms with Crippen molar-refractivity contribution in [1.82, 2.24) is 0 Å². The predicted octanol–water partition coefficient (Wildman–Crippen LogP) is 6.84. The maximum Gasteiger partial charge on any atom is 0.417 e. The molecule has 0 amide bonds. The van der Waals surface area contributed by atoms with Gasteiger partial charge in [-0.3, -0.25) is 0 Å². The molecule has 6 heteroatoms. The molecule has 31 heavy (non-hydrogen) atoms. The highest BCUT2D eigenvalue weighted by Gasteiger charge is 2.34. The van der Waals surface area contributed by atoms with Gasteiger partial charge in [0.2, 0.25) is 0 Å². The Labute approximate surface area is 178 Å². The van der Waals surface area contributed by atoms with Crippen molar-refractivity contribution < 1.29 is 27.4 Å². The zero-order chi connectivity index (χ0) is 22.2. The molecule has 0 unspecified atom stereocenters. The topological polar surface area (TPSA) is 27.7 Å². The lowest BCUT2D eigenvalue weighted by Crippen LogP contribution is -2.09. The number of rotatable bonds is 4. The third-order valence-corrected chi connectivity index (χ3v) is 5.07. The molecule has 0 aliphatic carbocycles. The van der Waals surface area contributed by atoms with Crippen LogP contribution in [0.4, 0.5) is 13.2 Å². The Hall–Kier alpha value is -3.67. The molecular formula is C25H19F3O3. The minimum Gasteiger partial charge on any atom is -0.493 e. The van der Waals surface area contributed by atoms with E-state index in [1.807, 2.05) is 0 Å². The van der Waals surface area contributed by atoms with Crippen LogP contribution in [-0.2, 0) is 6.18 Å². The summed E-state index contributed by atoms with van der Waals surface area (Å²) in [7, 11) is 3.06. The zero-order valence-corrected chi connectivity index (χ0v) is 16.9. The van der Waals surface area contributed by atoms with Crippen LogP contribution in [0.3, 0.4) is 0 Å². The molecule has 1 aliphatic heterocycles. The van der Waals surface area contributed by atoms with Crippen molar-refractivity contribution in [3.8, 4) is 28.4 Å². The number of methoxy groups -OCH3 is 2. The number of para-hydroxylation sites is 1. The van der Waals surface area contributed by atoms with Crippen LogP contribution in [0.1, 0.15) is 16.7 Å². The van der Waals surface area contributed by atoms with E-state index < -0.39 is 11.7 Å². The SMILES string of the molecule is C=C1C=C(c2ccc(OC)c(OC)c2)Oc2c1cccc2-c1ccccc1C(F)(F)F. The molecule has 1 aliphatic rings. The summed E-state index contributed by atoms with van der Waals surface area (Å²) in [5, 5.41) is 0. The number of hydrogen-bond acceptors (Lipinski definition) is 3. The number of benzene rings is 3. The highest BCUT2D eigenvalue weighted by atomic mass is 19.4. The summed E-state index contributed by atoms with van der Waals surface area (Å²) in [4.78, 5) is 0. The number of ether oxygens (including phenoxy) is 3. The fourth-order valence-corrected chi connectivity index (χ4v) is 3.58. The molecule has 0 saturated carbocycles. The van der Waals surface area contributed by atoms with E-state index in [1.165, 1.54) is 26.4 Å². The fourth-order valence-electron chi connectivity index (χ4n) is 3.58. The molecular weight excluding hydrogens is 405 g/mol. The first-order valence-corrected chi connectivity index (χ1v) is 9.44. The molecule has 0 spiro atoms. The number of allylic oxidation sites excluding steroid dienone is 2. The largest absolute Gasteiger partial charge is 0.493 e. The quantitative estimate of drug-likeness (QED) is 0.459. The zero-order valence-electron chi connectivity index (χ0n) is 16.9. The second kappa shape index (κ2) is 7.87. The molecule has 1 heterocycles. The van der Waals surface area contributed by atoms with Gasteiger partial charge in [-0.25, -0.2) is 0 Å². The second-order valence-electron chi connectivity index (χ2n) is 6.93. The average Bonchev–Trinajstić information content (AvgIpc) is 2.77. The molecule has 0 aromatic heterocycles. The maximum atomic E-state index is 13.6. The Morgan fingerprint density at radius 1 is 0.806 bits per heavy atom. The van der Waals surface area contributed by atoms with Gasteiger partial charge in [-0.2, -0.15) is 13.2 Å². The second-order valence-corrected chi connectivity index (χ2v) is 6.93. The molecule has 3 aromatic rings. The van der Waals surface area contributed by atoms with Gasteiger partial charge in [0.1, 0.15) is 11.5 Å². The van der Waals surface area contributed by atoms with Gasteiger partial charge in [0.05, 0.1) is 19.8 Å². The van der Waals surface area contributed by atoms with Gasteiger partial charge in [-0.15, -0.1) is 0 Å². The highest BCUT2D eigenvalue weighted by Crippen LogP contribution is 2.46. The van der Waals surface area contributed by atoms with Crippen LogP contribution < -0.4 is 14.2 Å². The average molecular weight is 424 g/mol. The molecule has 4 rings (SSSR count). The summed E-state index contributed by atoms with van der Waals surface area (Å²) in [6.07, 6.45) is -2.74. The van der Waals surface area contributed by atoms with Crippen LogP contribution >= 0.6 is 0 Å². The van der Waals surface area contributed by atoms with E-state index in [0.29, 0.717) is 45.3 Å². The third kappa shape index (κ3) is 3.77. The van der Waals surface area contributed by atoms with Crippen LogP contribution in [0.5, 0.6) is 17.2 Å². The smallest absolute Gasteiger partial charge is 0.417 e. The summed E-state index contributed by atoms with van der Waals surface area (Å²) in [6, 6.07) is 15.8. The number of fused-ring (bicyclic) bond motifs is 1. The van der Waals surface area contributed by atoms with Crippen LogP contribution in [0.2, 0.25) is 0 Å². The minimum atomic E-state index is -4.49. The van der Waals surface area contributed by atoms with Crippen LogP contribution in [-0.4, -0.2) is 14.2 Å². The Balaban J connectivity index is 1.83. The molecule has 0 radical (unpaired) electrons. The molecule has 0 bridgehead atoms. The van der Waals surface area contributed by atoms with E-state index in [-0.39, 0.29) is 5.56 Å². The lowest BCUT2D eigenvalue weighted by Gasteiger charge is -2.24. The predicted molar refractivity (Wildman–Crippen MR) is 114 cm³/mol. The summed E-state index contributed by atoms with van der Waals surface area (Å²) >= 11 is 0. The maximum absolute atomic E-state index is 13.6. The highest BCUT2D eigenvalue weighted by molar-refractivity contribution is 5.92. The molecule has 0 atom stereocenters. The van der Waals surface area contributed by atoms with Gasteiger partial charge >= 0.3 is 6.18 Å². The van der Waals surface area contributed by atoms with Crippen molar-refractivity contribution >= 4 is 11.3 Å². The fraction of sp³-hybridized carbons (Fsp3) is 0.120. The molecule has 0 fully saturated rings. The van der Waals surface area contributed by atoms with Crippen molar-refractivity contribution in [3.63, 3.8) is 0 Å². The van der Waals surface area contributed by atoms with Gasteiger partial charge < -0.3 is 14.2 Å². The molecule has 3 nitrogen and oxygen atoms in total. The minimum absolute atomic E-state index is 0.0493. The van der Waals surface area contributed by atoms with Crippen molar-refractivity contribution in [2.24, 2.45) is 0 Å². The number of hydrogen-bond donors (Lipinski definition) is 0. The molecule has 0 saturated heterocycles. The van der Waals surface area contributed by atoms with E-state index >= 15 is 0 Å². The Kier molecular flexibility index (Phi) is 5.23. The standard InChI is InChI=1S/C25H19F3O3/c1-15-13-22(16-11-12-21(29-2)23(14-16)30-3)31-24-17(15)8-6-9-19(24)18-7-4-5-10-20(18)25(26,27)28/h4-14H,1H2,2-3H3. The lowest BCUT2D eigenvalue weighted by atomic mass is 9.92. The van der Waals surface area contributed by atoms with Crippen molar-refractivity contribution in [1.29, 1.82) is 0 Å². The Bertz CT molecular complexity index is 1190. The summed E-state index contributed by atoms with van der Waals surface area (Å²) in [5.74, 6) is 1.85. The molecule has 3 aromatic carbocycles. The number of alkyl halides is 3. The van der Waals surface area contributed by atoms with Crippen LogP contribution in [0, 0.1) is 0 Å². The van der Waals surface area contributed by atoms with Gasteiger partial charge in [-0.1, -0.05) is 43.0 Å². The van der Waals surface area contributed by atoms with E-state index in [0.717, 1.165) is 6.07 Å². The monoisotopic (exact) mass is 424 g/mol. The van der Waals surface area contributed by atoms with E-state index in [2.05, 4.69) is 6.58 Å². The van der Waals surface area contributed by atoms with Gasteiger partial charge in [-0.05, 0) is 41.5 Å². The Morgan fingerprint density at radius 2 is 1.48 bits per heavy atom. The van der Waals surface area contributed by atoms with Gasteiger partial charge in [0.25, 0.3) is 0 Å². The molecule has 158 valence electrons. The lowest BCUT2D eigenvalue weighted by molar-refractivity contribution is -0.137. The van der Waals surface area contributed by atoms with E-state index in [1.54, 1.807) is 48.5 Å². The van der Waals surface area contributed by atoms with Gasteiger partial charge in [0, 0.05) is 16.7 Å². The first-order chi connectivity index (χ1) is 14.8. The van der Waals surface area contributed by atoms with Crippen LogP contribution in [0.15, 0.2) is 73.3 Å². The van der Waals surface area contributed by atoms with E-state index in [9.17, 15) is 13.2 Å². The summed E-state index contributed by atoms with van der Waals surface area (Å²) in [6.45, 7) is 4.08. The molecule has 0 N–H and O–H groups in total. The summed E-state index contributed by atoms with van der Waals surface area (Å²) in [5.41, 5.74) is 1.63. The van der Waals surface area contributed by atoms with Gasteiger partial charge in [0.15, 0.2) is 11.5 Å². The van der Waals surface area contributed by atoms with Crippen LogP contribution in [0.25, 0.3) is 22.5 Å². The first-order valence-electron chi connectivity index (χ1n) is 9.44. The number of halogens is 3. The van der Waals surface area contributed by atoms with Crippen molar-refractivity contribution in [2.75, 3.05) is 14.2 Å². The van der Waals surface area contributed by atoms with Crippen molar-refractivity contribution in [2.45, 2.75) is 6.18 Å². The summed E-state index contributed by atoms with van der Waals surface area (Å²) < 4.78 is 57.7. The third-order valence-electron chi connectivity index (χ3n) is 5.07. The van der Waals surface area contributed by atoms with Crippen molar-refractivity contribution in [3.05, 3.63) is 90.0 Å².